The summed E-state index contributed by atoms with van der Waals surface area (Å²) in [5.41, 5.74) is 16.2. The summed E-state index contributed by atoms with van der Waals surface area (Å²) in [6.07, 6.45) is 11.7. The maximum atomic E-state index is 13.7. The molecule has 0 aromatic rings. The number of guanidine groups is 1. The van der Waals surface area contributed by atoms with Gasteiger partial charge in [-0.05, 0) is 39.5 Å². The van der Waals surface area contributed by atoms with E-state index < -0.39 is 97.0 Å². The van der Waals surface area contributed by atoms with Gasteiger partial charge in [0.25, 0.3) is 0 Å². The molecular formula is C42H75N7O10. The summed E-state index contributed by atoms with van der Waals surface area (Å²) >= 11 is 0. The van der Waals surface area contributed by atoms with Crippen LogP contribution in [0.15, 0.2) is 4.99 Å². The molecule has 17 heteroatoms. The number of nitrogens with one attached hydrogen (secondary N) is 3. The third-order valence-electron chi connectivity index (χ3n) is 10.3. The fraction of sp³-hybridized carbons (Fsp3) is 0.786. The van der Waals surface area contributed by atoms with Crippen molar-refractivity contribution in [2.24, 2.45) is 34.0 Å². The molecule has 0 aliphatic rings. The van der Waals surface area contributed by atoms with Gasteiger partial charge in [-0.15, -0.1) is 0 Å². The minimum Gasteiger partial charge on any atom is -0.481 e. The second kappa shape index (κ2) is 32.4. The van der Waals surface area contributed by atoms with E-state index in [1.165, 1.54) is 65.2 Å². The molecule has 0 radical (unpaired) electrons. The molecule has 0 spiro atoms. The Balaban J connectivity index is 5.67. The van der Waals surface area contributed by atoms with E-state index in [1.54, 1.807) is 6.92 Å². The number of hydrogen-bond acceptors (Lipinski definition) is 10. The van der Waals surface area contributed by atoms with Crippen molar-refractivity contribution in [3.8, 4) is 0 Å². The van der Waals surface area contributed by atoms with Crippen molar-refractivity contribution in [1.82, 2.24) is 16.0 Å². The van der Waals surface area contributed by atoms with E-state index in [9.17, 15) is 48.6 Å². The highest BCUT2D eigenvalue weighted by Crippen LogP contribution is 2.19. The highest BCUT2D eigenvalue weighted by molar-refractivity contribution is 5.97. The molecule has 0 bridgehead atoms. The lowest BCUT2D eigenvalue weighted by molar-refractivity contribution is -0.139. The number of carbonyl (C=O) groups is 8. The monoisotopic (exact) mass is 838 g/mol. The van der Waals surface area contributed by atoms with E-state index in [4.69, 9.17) is 17.2 Å². The van der Waals surface area contributed by atoms with E-state index in [2.05, 4.69) is 27.9 Å². The molecule has 0 unspecified atom stereocenters. The molecule has 17 nitrogen and oxygen atoms in total. The Bertz CT molecular complexity index is 1350. The average Bonchev–Trinajstić information content (AvgIpc) is 3.16. The normalized spacial score (nSPS) is 14.1. The number of nitrogens with two attached hydrogens (primary N) is 3. The first-order chi connectivity index (χ1) is 27.9. The van der Waals surface area contributed by atoms with Gasteiger partial charge in [0.05, 0.1) is 24.1 Å². The zero-order valence-corrected chi connectivity index (χ0v) is 36.1. The van der Waals surface area contributed by atoms with Gasteiger partial charge < -0.3 is 43.4 Å². The largest absolute Gasteiger partial charge is 0.481 e. The van der Waals surface area contributed by atoms with Crippen molar-refractivity contribution in [1.29, 1.82) is 0 Å². The smallest absolute Gasteiger partial charge is 0.303 e. The Morgan fingerprint density at radius 3 is 1.61 bits per heavy atom. The molecule has 0 saturated heterocycles. The Kier molecular flexibility index (Phi) is 30.0. The quantitative estimate of drug-likeness (QED) is 0.0254. The SMILES string of the molecule is CCCCCCCCCCCCCCCC(=O)N[C@@H](CCCN=C(N)N)C(=O)C[C@@H](CCC(=O)O)C(=O)N[C@H](C(=O)C[C@@H](CC(N)=O)C(=O)N[C@@H](C)C(=O)CC)[C@@H](C)O. The number of amides is 4. The van der Waals surface area contributed by atoms with Crippen molar-refractivity contribution >= 4 is 52.9 Å². The minimum absolute atomic E-state index is 0.132. The number of rotatable bonds is 37. The van der Waals surface area contributed by atoms with E-state index in [0.717, 1.165) is 25.7 Å². The van der Waals surface area contributed by atoms with Crippen LogP contribution in [0, 0.1) is 11.8 Å². The summed E-state index contributed by atoms with van der Waals surface area (Å²) in [5.74, 6) is -8.62. The van der Waals surface area contributed by atoms with Crippen LogP contribution in [0.25, 0.3) is 0 Å². The van der Waals surface area contributed by atoms with Crippen LogP contribution in [-0.4, -0.2) is 93.9 Å². The second-order valence-electron chi connectivity index (χ2n) is 15.7. The van der Waals surface area contributed by atoms with Crippen LogP contribution in [-0.2, 0) is 38.4 Å². The van der Waals surface area contributed by atoms with Crippen LogP contribution in [0.4, 0.5) is 0 Å². The summed E-state index contributed by atoms with van der Waals surface area (Å²) in [7, 11) is 0. The molecular weight excluding hydrogens is 763 g/mol. The molecule has 0 rings (SSSR count). The number of ketones is 3. The first-order valence-corrected chi connectivity index (χ1v) is 21.6. The molecule has 11 N–H and O–H groups in total. The number of aliphatic imine (C=N–C) groups is 1. The molecule has 0 aromatic carbocycles. The van der Waals surface area contributed by atoms with Gasteiger partial charge in [-0.2, -0.15) is 0 Å². The van der Waals surface area contributed by atoms with Gasteiger partial charge in [0, 0.05) is 51.0 Å². The number of aliphatic hydroxyl groups is 1. The molecule has 4 amide bonds. The number of carbonyl (C=O) groups excluding carboxylic acids is 7. The van der Waals surface area contributed by atoms with Crippen LogP contribution in [0.1, 0.15) is 169 Å². The molecule has 338 valence electrons. The lowest BCUT2D eigenvalue weighted by Gasteiger charge is -2.26. The van der Waals surface area contributed by atoms with Crippen molar-refractivity contribution in [3.05, 3.63) is 0 Å². The number of unbranched alkanes of at least 4 members (excludes halogenated alkanes) is 12. The third-order valence-corrected chi connectivity index (χ3v) is 10.3. The minimum atomic E-state index is -1.61. The van der Waals surface area contributed by atoms with E-state index in [1.807, 2.05) is 0 Å². The number of primary amides is 1. The van der Waals surface area contributed by atoms with Crippen LogP contribution < -0.4 is 33.2 Å². The van der Waals surface area contributed by atoms with Gasteiger partial charge in [0.2, 0.25) is 23.6 Å². The Morgan fingerprint density at radius 2 is 1.12 bits per heavy atom. The summed E-state index contributed by atoms with van der Waals surface area (Å²) in [5, 5.41) is 27.6. The Morgan fingerprint density at radius 1 is 0.593 bits per heavy atom. The number of nitrogens with zero attached hydrogens (tertiary/aromatic N) is 1. The molecule has 0 aliphatic carbocycles. The lowest BCUT2D eigenvalue weighted by Crippen LogP contribution is -2.51. The van der Waals surface area contributed by atoms with E-state index in [-0.39, 0.29) is 49.9 Å². The second-order valence-corrected chi connectivity index (χ2v) is 15.7. The number of Topliss-reactive ketones (excluding diaryl/α,β-unsaturated/α-hetero) is 3. The zero-order valence-electron chi connectivity index (χ0n) is 36.1. The highest BCUT2D eigenvalue weighted by atomic mass is 16.4. The summed E-state index contributed by atoms with van der Waals surface area (Å²) in [6, 6.07) is -3.56. The lowest BCUT2D eigenvalue weighted by atomic mass is 9.89. The van der Waals surface area contributed by atoms with Gasteiger partial charge >= 0.3 is 5.97 Å². The van der Waals surface area contributed by atoms with Crippen molar-refractivity contribution < 1.29 is 48.6 Å². The van der Waals surface area contributed by atoms with Crippen molar-refractivity contribution in [2.75, 3.05) is 6.54 Å². The van der Waals surface area contributed by atoms with Gasteiger partial charge in [-0.3, -0.25) is 43.3 Å². The fourth-order valence-electron chi connectivity index (χ4n) is 6.73. The van der Waals surface area contributed by atoms with Crippen LogP contribution in [0.2, 0.25) is 0 Å². The number of aliphatic carboxylic acids is 1. The van der Waals surface area contributed by atoms with Gasteiger partial charge in [0.15, 0.2) is 23.3 Å². The number of hydrogen-bond donors (Lipinski definition) is 8. The number of carboxylic acids is 1. The average molecular weight is 838 g/mol. The molecule has 0 aliphatic heterocycles. The van der Waals surface area contributed by atoms with E-state index in [0.29, 0.717) is 12.8 Å². The molecule has 0 heterocycles. The third kappa shape index (κ3) is 27.1. The van der Waals surface area contributed by atoms with Crippen LogP contribution in [0.3, 0.4) is 0 Å². The van der Waals surface area contributed by atoms with E-state index >= 15 is 0 Å². The van der Waals surface area contributed by atoms with Gasteiger partial charge in [0.1, 0.15) is 6.04 Å². The first-order valence-electron chi connectivity index (χ1n) is 21.6. The molecule has 0 fully saturated rings. The molecule has 59 heavy (non-hydrogen) atoms. The van der Waals surface area contributed by atoms with Crippen LogP contribution >= 0.6 is 0 Å². The Labute approximate surface area is 350 Å². The summed E-state index contributed by atoms with van der Waals surface area (Å²) < 4.78 is 0. The molecule has 0 aromatic heterocycles. The highest BCUT2D eigenvalue weighted by Gasteiger charge is 2.35. The number of carboxylic acid groups (broad SMARTS) is 1. The van der Waals surface area contributed by atoms with Gasteiger partial charge in [-0.1, -0.05) is 90.9 Å². The van der Waals surface area contributed by atoms with Crippen LogP contribution in [0.5, 0.6) is 0 Å². The van der Waals surface area contributed by atoms with Gasteiger partial charge in [-0.25, -0.2) is 0 Å². The predicted molar refractivity (Wildman–Crippen MR) is 226 cm³/mol. The maximum absolute atomic E-state index is 13.7. The molecule has 6 atom stereocenters. The summed E-state index contributed by atoms with van der Waals surface area (Å²) in [6.45, 7) is 6.65. The maximum Gasteiger partial charge on any atom is 0.303 e. The standard InChI is InChI=1S/C42H75N7O10/c1-5-7-8-9-10-11-12-13-14-15-16-17-18-21-37(55)48-32(20-19-24-46-42(44)45)34(52)25-30(22-23-38(56)57)40(58)49-39(29(4)50)35(53)26-31(27-36(43)54)41(59)47-28(3)33(51)6-2/h28-32,39,50H,5-27H2,1-4H3,(H2,43,54)(H,47,59)(H,48,55)(H,49,58)(H,56,57)(H4,44,45,46)/t28-,29+,30+,31-,32-,39-/m0/s1. The Hall–Kier alpha value is -4.41. The topological polar surface area (TPSA) is 304 Å². The summed E-state index contributed by atoms with van der Waals surface area (Å²) in [4.78, 5) is 106. The van der Waals surface area contributed by atoms with Crippen molar-refractivity contribution in [3.63, 3.8) is 0 Å². The fourth-order valence-corrected chi connectivity index (χ4v) is 6.73. The number of aliphatic hydroxyl groups excluding tert-OH is 1. The first kappa shape index (κ1) is 54.6. The predicted octanol–water partition coefficient (Wildman–Crippen LogP) is 3.25. The van der Waals surface area contributed by atoms with Crippen molar-refractivity contribution in [2.45, 2.75) is 193 Å². The molecule has 0 saturated carbocycles. The zero-order chi connectivity index (χ0) is 44.8.